The Balaban J connectivity index is 2.22. The molecule has 1 aromatic rings. The Morgan fingerprint density at radius 2 is 2.35 bits per heavy atom. The predicted octanol–water partition coefficient (Wildman–Crippen LogP) is 4.05. The molecule has 1 aliphatic heterocycles. The number of hydrogen-bond acceptors (Lipinski definition) is 1. The molecule has 0 aromatic heterocycles. The van der Waals surface area contributed by atoms with Gasteiger partial charge < -0.3 is 5.32 Å². The molecule has 0 bridgehead atoms. The van der Waals surface area contributed by atoms with Crippen molar-refractivity contribution in [3.8, 4) is 0 Å². The molecule has 108 valence electrons. The number of carbonyl (C=O) groups excluding carboxylic acids is 1. The minimum atomic E-state index is 0.0184. The minimum Gasteiger partial charge on any atom is -0.338 e. The lowest BCUT2D eigenvalue weighted by atomic mass is 10.0. The summed E-state index contributed by atoms with van der Waals surface area (Å²) in [5, 5.41) is 3.00. The van der Waals surface area contributed by atoms with Gasteiger partial charge in [-0.1, -0.05) is 35.4 Å². The first-order chi connectivity index (χ1) is 9.67. The zero-order valence-electron chi connectivity index (χ0n) is 11.9. The topological polar surface area (TPSA) is 32.3 Å². The smallest absolute Gasteiger partial charge is 0.321 e. The Kier molecular flexibility index (Phi) is 5.24. The monoisotopic (exact) mass is 336 g/mol. The Hall–Kier alpha value is -1.29. The van der Waals surface area contributed by atoms with Crippen molar-refractivity contribution in [3.05, 3.63) is 40.4 Å². The third-order valence-electron chi connectivity index (χ3n) is 3.52. The van der Waals surface area contributed by atoms with E-state index < -0.39 is 0 Å². The van der Waals surface area contributed by atoms with Crippen LogP contribution in [0.25, 0.3) is 0 Å². The second-order valence-electron chi connectivity index (χ2n) is 5.05. The molecule has 20 heavy (non-hydrogen) atoms. The van der Waals surface area contributed by atoms with Gasteiger partial charge in [-0.3, -0.25) is 4.90 Å². The molecule has 0 saturated carbocycles. The third kappa shape index (κ3) is 3.23. The van der Waals surface area contributed by atoms with Crippen LogP contribution >= 0.6 is 15.9 Å². The van der Waals surface area contributed by atoms with Gasteiger partial charge in [0.1, 0.15) is 0 Å². The second kappa shape index (κ2) is 6.93. The molecule has 1 aromatic carbocycles. The lowest BCUT2D eigenvalue weighted by Crippen LogP contribution is -2.39. The van der Waals surface area contributed by atoms with E-state index in [0.29, 0.717) is 0 Å². The summed E-state index contributed by atoms with van der Waals surface area (Å²) in [4.78, 5) is 14.2. The zero-order valence-corrected chi connectivity index (χ0v) is 13.5. The number of carbonyl (C=O) groups is 1. The summed E-state index contributed by atoms with van der Waals surface area (Å²) in [5.74, 6) is 0. The van der Waals surface area contributed by atoms with Crippen LogP contribution in [0.5, 0.6) is 0 Å². The van der Waals surface area contributed by atoms with Gasteiger partial charge >= 0.3 is 6.03 Å². The number of rotatable bonds is 5. The first-order valence-electron chi connectivity index (χ1n) is 7.15. The molecule has 0 fully saturated rings. The van der Waals surface area contributed by atoms with Gasteiger partial charge in [0.15, 0.2) is 0 Å². The number of allylic oxidation sites excluding steroid dienone is 1. The van der Waals surface area contributed by atoms with Crippen molar-refractivity contribution in [2.24, 2.45) is 0 Å². The fourth-order valence-corrected chi connectivity index (χ4v) is 3.13. The summed E-state index contributed by atoms with van der Waals surface area (Å²) in [6, 6.07) is 4.21. The van der Waals surface area contributed by atoms with Gasteiger partial charge in [-0.15, -0.1) is 6.58 Å². The van der Waals surface area contributed by atoms with Gasteiger partial charge in [0.05, 0.1) is 5.69 Å². The van der Waals surface area contributed by atoms with Gasteiger partial charge in [-0.05, 0) is 42.5 Å². The quantitative estimate of drug-likeness (QED) is 0.638. The molecular weight excluding hydrogens is 316 g/mol. The Labute approximate surface area is 129 Å². The number of unbranched alkanes of at least 4 members (excludes halogenated alkanes) is 1. The van der Waals surface area contributed by atoms with Crippen LogP contribution in [0.15, 0.2) is 29.3 Å². The first kappa shape index (κ1) is 15.1. The predicted molar refractivity (Wildman–Crippen MR) is 87.4 cm³/mol. The molecule has 0 spiro atoms. The normalized spacial score (nSPS) is 13.2. The van der Waals surface area contributed by atoms with E-state index in [4.69, 9.17) is 0 Å². The van der Waals surface area contributed by atoms with Gasteiger partial charge in [0, 0.05) is 17.6 Å². The fraction of sp³-hybridized carbons (Fsp3) is 0.438. The van der Waals surface area contributed by atoms with Gasteiger partial charge in [-0.2, -0.15) is 0 Å². The number of anilines is 1. The lowest BCUT2D eigenvalue weighted by Gasteiger charge is -2.21. The Morgan fingerprint density at radius 3 is 3.05 bits per heavy atom. The summed E-state index contributed by atoms with van der Waals surface area (Å²) in [7, 11) is 0. The van der Waals surface area contributed by atoms with Crippen molar-refractivity contribution in [2.45, 2.75) is 32.6 Å². The van der Waals surface area contributed by atoms with E-state index in [1.165, 1.54) is 5.56 Å². The molecule has 0 aliphatic carbocycles. The molecule has 0 atom stereocenters. The van der Waals surface area contributed by atoms with Crippen LogP contribution in [0, 0.1) is 0 Å². The number of benzene rings is 1. The van der Waals surface area contributed by atoms with E-state index in [2.05, 4.69) is 46.9 Å². The molecular formula is C16H21BrN2O. The van der Waals surface area contributed by atoms with Gasteiger partial charge in [0.25, 0.3) is 0 Å². The second-order valence-corrected chi connectivity index (χ2v) is 5.97. The summed E-state index contributed by atoms with van der Waals surface area (Å²) in [5.41, 5.74) is 3.47. The van der Waals surface area contributed by atoms with Crippen LogP contribution in [0.2, 0.25) is 0 Å². The first-order valence-corrected chi connectivity index (χ1v) is 7.94. The Morgan fingerprint density at radius 1 is 1.55 bits per heavy atom. The lowest BCUT2D eigenvalue weighted by molar-refractivity contribution is 0.246. The standard InChI is InChI=1S/C16H21BrN2O/c1-3-5-8-18-16(20)19-9-7-13-11-14(17)10-12(6-4-2)15(13)19/h4,10-11H,2-3,5-9H2,1H3,(H,18,20). The highest BCUT2D eigenvalue weighted by molar-refractivity contribution is 9.10. The van der Waals surface area contributed by atoms with E-state index in [1.54, 1.807) is 0 Å². The fourth-order valence-electron chi connectivity index (χ4n) is 2.58. The molecule has 0 saturated heterocycles. The molecule has 3 nitrogen and oxygen atoms in total. The average Bonchev–Trinajstić information content (AvgIpc) is 2.83. The van der Waals surface area contributed by atoms with E-state index >= 15 is 0 Å². The molecule has 2 amide bonds. The summed E-state index contributed by atoms with van der Waals surface area (Å²) in [6.45, 7) is 7.43. The maximum Gasteiger partial charge on any atom is 0.321 e. The molecule has 0 unspecified atom stereocenters. The summed E-state index contributed by atoms with van der Waals surface area (Å²) < 4.78 is 1.07. The summed E-state index contributed by atoms with van der Waals surface area (Å²) >= 11 is 3.54. The minimum absolute atomic E-state index is 0.0184. The Bertz CT molecular complexity index is 513. The molecule has 0 radical (unpaired) electrons. The third-order valence-corrected chi connectivity index (χ3v) is 3.98. The van der Waals surface area contributed by atoms with Crippen LogP contribution in [-0.2, 0) is 12.8 Å². The zero-order chi connectivity index (χ0) is 14.5. The van der Waals surface area contributed by atoms with Gasteiger partial charge in [0.2, 0.25) is 0 Å². The molecule has 4 heteroatoms. The van der Waals surface area contributed by atoms with Crippen molar-refractivity contribution in [3.63, 3.8) is 0 Å². The number of amides is 2. The maximum absolute atomic E-state index is 12.3. The SMILES string of the molecule is C=CCc1cc(Br)cc2c1N(C(=O)NCCCC)CC2. The van der Waals surface area contributed by atoms with Crippen molar-refractivity contribution >= 4 is 27.6 Å². The molecule has 1 aliphatic rings. The van der Waals surface area contributed by atoms with Crippen molar-refractivity contribution in [2.75, 3.05) is 18.0 Å². The highest BCUT2D eigenvalue weighted by atomic mass is 79.9. The number of nitrogens with one attached hydrogen (secondary N) is 1. The van der Waals surface area contributed by atoms with Crippen LogP contribution in [0.4, 0.5) is 10.5 Å². The van der Waals surface area contributed by atoms with E-state index in [-0.39, 0.29) is 6.03 Å². The number of nitrogens with zero attached hydrogens (tertiary/aromatic N) is 1. The van der Waals surface area contributed by atoms with Crippen LogP contribution in [0.1, 0.15) is 30.9 Å². The van der Waals surface area contributed by atoms with E-state index in [0.717, 1.165) is 54.5 Å². The number of urea groups is 1. The van der Waals surface area contributed by atoms with E-state index in [1.807, 2.05) is 11.0 Å². The highest BCUT2D eigenvalue weighted by Crippen LogP contribution is 2.35. The van der Waals surface area contributed by atoms with Crippen LogP contribution in [-0.4, -0.2) is 19.1 Å². The molecule has 1 heterocycles. The highest BCUT2D eigenvalue weighted by Gasteiger charge is 2.27. The number of halogens is 1. The van der Waals surface area contributed by atoms with Crippen molar-refractivity contribution in [1.82, 2.24) is 5.32 Å². The largest absolute Gasteiger partial charge is 0.338 e. The molecule has 1 N–H and O–H groups in total. The number of fused-ring (bicyclic) bond motifs is 1. The number of hydrogen-bond donors (Lipinski definition) is 1. The van der Waals surface area contributed by atoms with Crippen LogP contribution in [0.3, 0.4) is 0 Å². The van der Waals surface area contributed by atoms with Crippen LogP contribution < -0.4 is 10.2 Å². The van der Waals surface area contributed by atoms with E-state index in [9.17, 15) is 4.79 Å². The average molecular weight is 337 g/mol. The molecule has 2 rings (SSSR count). The maximum atomic E-state index is 12.3. The van der Waals surface area contributed by atoms with Crippen molar-refractivity contribution < 1.29 is 4.79 Å². The summed E-state index contributed by atoms with van der Waals surface area (Å²) in [6.07, 6.45) is 5.69. The van der Waals surface area contributed by atoms with Gasteiger partial charge in [-0.25, -0.2) is 4.79 Å². The van der Waals surface area contributed by atoms with Crippen molar-refractivity contribution in [1.29, 1.82) is 0 Å².